The van der Waals surface area contributed by atoms with E-state index in [-0.39, 0.29) is 0 Å². The van der Waals surface area contributed by atoms with Gasteiger partial charge >= 0.3 is 0 Å². The first-order valence-corrected chi connectivity index (χ1v) is 10.7. The van der Waals surface area contributed by atoms with Gasteiger partial charge in [0.1, 0.15) is 6.61 Å². The fraction of sp³-hybridized carbons (Fsp3) is 0.167. The molecule has 0 spiro atoms. The molecule has 172 valence electrons. The van der Waals surface area contributed by atoms with E-state index in [1.54, 1.807) is 39.7 Å². The van der Waals surface area contributed by atoms with Gasteiger partial charge in [0.2, 0.25) is 0 Å². The third-order valence-electron chi connectivity index (χ3n) is 4.55. The van der Waals surface area contributed by atoms with Gasteiger partial charge in [-0.1, -0.05) is 29.8 Å². The second-order valence-electron chi connectivity index (χ2n) is 6.68. The largest absolute Gasteiger partial charge is 0.493 e. The monoisotopic (exact) mass is 485 g/mol. The summed E-state index contributed by atoms with van der Waals surface area (Å²) in [6, 6.07) is 18.4. The molecule has 0 atom stereocenters. The van der Waals surface area contributed by atoms with Crippen LogP contribution >= 0.6 is 23.8 Å². The summed E-state index contributed by atoms with van der Waals surface area (Å²) in [5.41, 5.74) is 5.22. The van der Waals surface area contributed by atoms with Crippen molar-refractivity contribution in [1.29, 1.82) is 0 Å². The number of methoxy groups -OCH3 is 3. The van der Waals surface area contributed by atoms with Gasteiger partial charge in [-0.05, 0) is 54.2 Å². The molecule has 0 saturated heterocycles. The van der Waals surface area contributed by atoms with Crippen molar-refractivity contribution in [3.8, 4) is 23.0 Å². The van der Waals surface area contributed by atoms with Crippen molar-refractivity contribution in [1.82, 2.24) is 5.43 Å². The summed E-state index contributed by atoms with van der Waals surface area (Å²) in [5.74, 6) is 2.41. The van der Waals surface area contributed by atoms with Crippen LogP contribution in [0.3, 0.4) is 0 Å². The molecule has 0 aliphatic carbocycles. The third-order valence-corrected chi connectivity index (χ3v) is 5.11. The van der Waals surface area contributed by atoms with Crippen LogP contribution in [0, 0.1) is 0 Å². The van der Waals surface area contributed by atoms with Crippen LogP contribution in [0.5, 0.6) is 23.0 Å². The van der Waals surface area contributed by atoms with E-state index in [1.165, 1.54) is 0 Å². The van der Waals surface area contributed by atoms with Crippen LogP contribution in [0.4, 0.5) is 5.69 Å². The van der Waals surface area contributed by atoms with E-state index in [2.05, 4.69) is 15.8 Å². The van der Waals surface area contributed by atoms with Gasteiger partial charge in [-0.3, -0.25) is 5.43 Å². The summed E-state index contributed by atoms with van der Waals surface area (Å²) >= 11 is 11.5. The predicted octanol–water partition coefficient (Wildman–Crippen LogP) is 5.27. The third kappa shape index (κ3) is 6.74. The van der Waals surface area contributed by atoms with Gasteiger partial charge in [0.25, 0.3) is 0 Å². The zero-order valence-corrected chi connectivity index (χ0v) is 20.0. The van der Waals surface area contributed by atoms with Crippen LogP contribution in [-0.2, 0) is 6.61 Å². The number of rotatable bonds is 9. The molecule has 0 aliphatic rings. The number of ether oxygens (including phenoxy) is 4. The minimum atomic E-state index is 0.324. The number of benzene rings is 3. The Morgan fingerprint density at radius 3 is 2.33 bits per heavy atom. The van der Waals surface area contributed by atoms with Gasteiger partial charge in [0.05, 0.1) is 27.5 Å². The SMILES string of the molecule is COc1ccc(NC(=S)NN=Cc2ccc(OCc3ccccc3Cl)c(OC)c2)cc1OC. The highest BCUT2D eigenvalue weighted by atomic mass is 35.5. The minimum absolute atomic E-state index is 0.324. The molecule has 33 heavy (non-hydrogen) atoms. The second kappa shape index (κ2) is 11.9. The van der Waals surface area contributed by atoms with Crippen LogP contribution < -0.4 is 29.7 Å². The number of thiocarbonyl (C=S) groups is 1. The molecule has 0 fully saturated rings. The Morgan fingerprint density at radius 1 is 0.909 bits per heavy atom. The molecule has 0 aromatic heterocycles. The summed E-state index contributed by atoms with van der Waals surface area (Å²) in [5, 5.41) is 8.19. The second-order valence-corrected chi connectivity index (χ2v) is 7.50. The normalized spacial score (nSPS) is 10.5. The minimum Gasteiger partial charge on any atom is -0.493 e. The van der Waals surface area contributed by atoms with E-state index in [1.807, 2.05) is 48.5 Å². The molecule has 0 amide bonds. The van der Waals surface area contributed by atoms with Gasteiger partial charge in [0.15, 0.2) is 28.1 Å². The molecule has 0 aliphatic heterocycles. The summed E-state index contributed by atoms with van der Waals surface area (Å²) in [7, 11) is 4.74. The smallest absolute Gasteiger partial charge is 0.191 e. The molecule has 0 unspecified atom stereocenters. The first-order valence-electron chi connectivity index (χ1n) is 9.90. The highest BCUT2D eigenvalue weighted by Crippen LogP contribution is 2.30. The molecule has 3 aromatic rings. The zero-order chi connectivity index (χ0) is 23.6. The summed E-state index contributed by atoms with van der Waals surface area (Å²) in [6.07, 6.45) is 1.63. The van der Waals surface area contributed by atoms with Crippen molar-refractivity contribution in [2.75, 3.05) is 26.6 Å². The number of hydrazone groups is 1. The zero-order valence-electron chi connectivity index (χ0n) is 18.4. The van der Waals surface area contributed by atoms with Gasteiger partial charge in [-0.15, -0.1) is 0 Å². The first-order chi connectivity index (χ1) is 16.0. The van der Waals surface area contributed by atoms with Gasteiger partial charge in [0, 0.05) is 22.3 Å². The molecule has 2 N–H and O–H groups in total. The van der Waals surface area contributed by atoms with Crippen molar-refractivity contribution in [2.24, 2.45) is 5.10 Å². The maximum Gasteiger partial charge on any atom is 0.191 e. The van der Waals surface area contributed by atoms with Crippen LogP contribution in [0.25, 0.3) is 0 Å². The lowest BCUT2D eigenvalue weighted by Crippen LogP contribution is -2.23. The maximum atomic E-state index is 6.19. The highest BCUT2D eigenvalue weighted by Gasteiger charge is 2.08. The van der Waals surface area contributed by atoms with E-state index < -0.39 is 0 Å². The van der Waals surface area contributed by atoms with E-state index in [4.69, 9.17) is 42.8 Å². The molecule has 3 aromatic carbocycles. The van der Waals surface area contributed by atoms with Crippen molar-refractivity contribution in [3.63, 3.8) is 0 Å². The van der Waals surface area contributed by atoms with Gasteiger partial charge in [-0.2, -0.15) is 5.10 Å². The number of anilines is 1. The molecular formula is C24H24ClN3O4S. The average Bonchev–Trinajstić information content (AvgIpc) is 2.83. The Balaban J connectivity index is 1.58. The molecule has 0 saturated carbocycles. The number of halogens is 1. The lowest BCUT2D eigenvalue weighted by atomic mass is 10.2. The number of nitrogens with one attached hydrogen (secondary N) is 2. The maximum absolute atomic E-state index is 6.19. The summed E-state index contributed by atoms with van der Waals surface area (Å²) in [6.45, 7) is 0.334. The number of nitrogens with zero attached hydrogens (tertiary/aromatic N) is 1. The first kappa shape index (κ1) is 24.2. The van der Waals surface area contributed by atoms with Gasteiger partial charge in [-0.25, -0.2) is 0 Å². The van der Waals surface area contributed by atoms with Crippen LogP contribution in [0.1, 0.15) is 11.1 Å². The lowest BCUT2D eigenvalue weighted by molar-refractivity contribution is 0.284. The topological polar surface area (TPSA) is 73.3 Å². The molecule has 3 rings (SSSR count). The molecule has 7 nitrogen and oxygen atoms in total. The Labute approximate surface area is 203 Å². The van der Waals surface area contributed by atoms with Gasteiger partial charge < -0.3 is 24.3 Å². The predicted molar refractivity (Wildman–Crippen MR) is 135 cm³/mol. The molecule has 0 radical (unpaired) electrons. The van der Waals surface area contributed by atoms with E-state index in [0.717, 1.165) is 16.8 Å². The van der Waals surface area contributed by atoms with Crippen molar-refractivity contribution in [3.05, 3.63) is 76.8 Å². The Bertz CT molecular complexity index is 1140. The fourth-order valence-electron chi connectivity index (χ4n) is 2.89. The van der Waals surface area contributed by atoms with Crippen molar-refractivity contribution >= 4 is 40.8 Å². The lowest BCUT2D eigenvalue weighted by Gasteiger charge is -2.12. The molecular weight excluding hydrogens is 462 g/mol. The Hall–Kier alpha value is -3.49. The molecule has 0 bridgehead atoms. The van der Waals surface area contributed by atoms with Crippen LogP contribution in [0.2, 0.25) is 5.02 Å². The number of hydrogen-bond acceptors (Lipinski definition) is 6. The van der Waals surface area contributed by atoms with E-state index in [9.17, 15) is 0 Å². The molecule has 9 heteroatoms. The van der Waals surface area contributed by atoms with E-state index >= 15 is 0 Å². The Kier molecular flexibility index (Phi) is 8.74. The Morgan fingerprint density at radius 2 is 1.61 bits per heavy atom. The fourth-order valence-corrected chi connectivity index (χ4v) is 3.25. The van der Waals surface area contributed by atoms with Crippen LogP contribution in [-0.4, -0.2) is 32.7 Å². The number of hydrogen-bond donors (Lipinski definition) is 2. The standard InChI is InChI=1S/C24H24ClN3O4S/c1-29-20-11-9-18(13-23(20)31-3)27-24(33)28-26-14-16-8-10-21(22(12-16)30-2)32-15-17-6-4-5-7-19(17)25/h4-14H,15H2,1-3H3,(H2,27,28,33). The summed E-state index contributed by atoms with van der Waals surface area (Å²) in [4.78, 5) is 0. The average molecular weight is 486 g/mol. The van der Waals surface area contributed by atoms with E-state index in [0.29, 0.717) is 39.7 Å². The quantitative estimate of drug-likeness (QED) is 0.243. The van der Waals surface area contributed by atoms with Crippen LogP contribution in [0.15, 0.2) is 65.8 Å². The highest BCUT2D eigenvalue weighted by molar-refractivity contribution is 7.80. The molecule has 0 heterocycles. The van der Waals surface area contributed by atoms with Crippen molar-refractivity contribution in [2.45, 2.75) is 6.61 Å². The van der Waals surface area contributed by atoms with Crippen molar-refractivity contribution < 1.29 is 18.9 Å². The summed E-state index contributed by atoms with van der Waals surface area (Å²) < 4.78 is 21.8.